The van der Waals surface area contributed by atoms with Crippen LogP contribution in [0.2, 0.25) is 0 Å². The average Bonchev–Trinajstić information content (AvgIpc) is 2.40. The van der Waals surface area contributed by atoms with E-state index >= 15 is 0 Å². The van der Waals surface area contributed by atoms with Crippen LogP contribution in [0.3, 0.4) is 0 Å². The third-order valence-electron chi connectivity index (χ3n) is 3.80. The van der Waals surface area contributed by atoms with Crippen molar-refractivity contribution in [2.75, 3.05) is 40.3 Å². The number of rotatable bonds is 1. The third-order valence-corrected chi connectivity index (χ3v) is 3.80. The number of nitrogens with zero attached hydrogens (tertiary/aromatic N) is 2. The predicted octanol–water partition coefficient (Wildman–Crippen LogP) is 0.890. The Balaban J connectivity index is 2.16. The van der Waals surface area contributed by atoms with Gasteiger partial charge in [-0.05, 0) is 26.4 Å². The summed E-state index contributed by atoms with van der Waals surface area (Å²) in [5.41, 5.74) is 0.642. The Hall–Kier alpha value is -0.0800. The molecule has 2 heteroatoms. The summed E-state index contributed by atoms with van der Waals surface area (Å²) in [6, 6.07) is 0. The Labute approximate surface area is 75.5 Å². The number of likely N-dealkylation sites (tertiary alicyclic amines) is 2. The minimum absolute atomic E-state index is 0.642. The molecule has 0 unspecified atom stereocenters. The molecule has 0 saturated carbocycles. The molecule has 2 heterocycles. The minimum Gasteiger partial charge on any atom is -0.305 e. The Morgan fingerprint density at radius 3 is 2.00 bits per heavy atom. The zero-order valence-corrected chi connectivity index (χ0v) is 8.51. The van der Waals surface area contributed by atoms with Gasteiger partial charge >= 0.3 is 0 Å². The van der Waals surface area contributed by atoms with Gasteiger partial charge in [0, 0.05) is 31.6 Å². The van der Waals surface area contributed by atoms with Crippen LogP contribution < -0.4 is 0 Å². The van der Waals surface area contributed by atoms with Crippen LogP contribution in [0.1, 0.15) is 13.3 Å². The first-order valence-corrected chi connectivity index (χ1v) is 5.03. The third kappa shape index (κ3) is 1.09. The summed E-state index contributed by atoms with van der Waals surface area (Å²) >= 11 is 0. The average molecular weight is 168 g/mol. The van der Waals surface area contributed by atoms with Gasteiger partial charge in [-0.1, -0.05) is 6.92 Å². The van der Waals surface area contributed by atoms with Crippen LogP contribution in [0, 0.1) is 11.3 Å². The van der Waals surface area contributed by atoms with Crippen molar-refractivity contribution in [3.05, 3.63) is 0 Å². The van der Waals surface area contributed by atoms with E-state index in [1.165, 1.54) is 32.6 Å². The van der Waals surface area contributed by atoms with Crippen LogP contribution in [0.25, 0.3) is 0 Å². The Kier molecular flexibility index (Phi) is 1.92. The maximum Gasteiger partial charge on any atom is 0.00508 e. The molecule has 70 valence electrons. The molecule has 2 aliphatic heterocycles. The van der Waals surface area contributed by atoms with E-state index in [4.69, 9.17) is 0 Å². The highest BCUT2D eigenvalue weighted by molar-refractivity contribution is 5.01. The topological polar surface area (TPSA) is 6.48 Å². The van der Waals surface area contributed by atoms with Gasteiger partial charge in [0.05, 0.1) is 0 Å². The molecule has 0 aromatic rings. The molecule has 0 bridgehead atoms. The molecule has 0 spiro atoms. The Morgan fingerprint density at radius 2 is 1.67 bits per heavy atom. The largest absolute Gasteiger partial charge is 0.305 e. The van der Waals surface area contributed by atoms with Crippen LogP contribution in [0.15, 0.2) is 0 Å². The summed E-state index contributed by atoms with van der Waals surface area (Å²) in [5.74, 6) is 0.942. The van der Waals surface area contributed by atoms with Gasteiger partial charge < -0.3 is 9.80 Å². The standard InChI is InChI=1S/C10H20N2/c1-4-10-7-11(2)5-9(10)6-12(3)8-10/h9H,4-8H2,1-3H3. The fraction of sp³-hybridized carbons (Fsp3) is 1.00. The first-order valence-electron chi connectivity index (χ1n) is 5.03. The van der Waals surface area contributed by atoms with Crippen LogP contribution in [0.4, 0.5) is 0 Å². The molecule has 2 rings (SSSR count). The van der Waals surface area contributed by atoms with E-state index in [0.29, 0.717) is 5.41 Å². The maximum absolute atomic E-state index is 2.50. The molecule has 0 aromatic carbocycles. The zero-order valence-electron chi connectivity index (χ0n) is 8.51. The molecule has 2 nitrogen and oxygen atoms in total. The molecule has 2 aliphatic rings. The highest BCUT2D eigenvalue weighted by Gasteiger charge is 2.48. The zero-order chi connectivity index (χ0) is 8.77. The summed E-state index contributed by atoms with van der Waals surface area (Å²) in [6.07, 6.45) is 1.35. The lowest BCUT2D eigenvalue weighted by Crippen LogP contribution is -2.31. The summed E-state index contributed by atoms with van der Waals surface area (Å²) in [6.45, 7) is 7.62. The molecule has 0 atom stereocenters. The molecule has 0 aliphatic carbocycles. The molecule has 12 heavy (non-hydrogen) atoms. The molecular weight excluding hydrogens is 148 g/mol. The van der Waals surface area contributed by atoms with E-state index in [2.05, 4.69) is 30.8 Å². The van der Waals surface area contributed by atoms with Crippen LogP contribution in [-0.4, -0.2) is 50.1 Å². The van der Waals surface area contributed by atoms with Crippen molar-refractivity contribution in [1.29, 1.82) is 0 Å². The maximum atomic E-state index is 2.50. The molecule has 0 radical (unpaired) electrons. The molecule has 0 amide bonds. The van der Waals surface area contributed by atoms with E-state index in [0.717, 1.165) is 5.92 Å². The monoisotopic (exact) mass is 168 g/mol. The van der Waals surface area contributed by atoms with Crippen molar-refractivity contribution in [2.24, 2.45) is 11.3 Å². The van der Waals surface area contributed by atoms with Gasteiger partial charge in [-0.15, -0.1) is 0 Å². The van der Waals surface area contributed by atoms with E-state index in [-0.39, 0.29) is 0 Å². The highest BCUT2D eigenvalue weighted by Crippen LogP contribution is 2.43. The van der Waals surface area contributed by atoms with E-state index in [9.17, 15) is 0 Å². The quantitative estimate of drug-likeness (QED) is 0.574. The summed E-state index contributed by atoms with van der Waals surface area (Å²) in [5, 5.41) is 0. The van der Waals surface area contributed by atoms with Crippen LogP contribution >= 0.6 is 0 Å². The fourth-order valence-electron chi connectivity index (χ4n) is 3.22. The summed E-state index contributed by atoms with van der Waals surface area (Å²) < 4.78 is 0. The van der Waals surface area contributed by atoms with Gasteiger partial charge in [-0.25, -0.2) is 0 Å². The fourth-order valence-corrected chi connectivity index (χ4v) is 3.22. The van der Waals surface area contributed by atoms with Gasteiger partial charge in [-0.3, -0.25) is 0 Å². The highest BCUT2D eigenvalue weighted by atomic mass is 15.2. The van der Waals surface area contributed by atoms with Crippen molar-refractivity contribution in [2.45, 2.75) is 13.3 Å². The number of fused-ring (bicyclic) bond motifs is 1. The van der Waals surface area contributed by atoms with Crippen molar-refractivity contribution >= 4 is 0 Å². The van der Waals surface area contributed by atoms with Gasteiger partial charge in [-0.2, -0.15) is 0 Å². The SMILES string of the molecule is CCC12CN(C)CC1CN(C)C2. The van der Waals surface area contributed by atoms with Crippen molar-refractivity contribution in [3.8, 4) is 0 Å². The van der Waals surface area contributed by atoms with Crippen molar-refractivity contribution in [1.82, 2.24) is 9.80 Å². The first kappa shape index (κ1) is 8.52. The first-order chi connectivity index (χ1) is 5.66. The van der Waals surface area contributed by atoms with Gasteiger partial charge in [0.1, 0.15) is 0 Å². The van der Waals surface area contributed by atoms with Crippen molar-refractivity contribution in [3.63, 3.8) is 0 Å². The Morgan fingerprint density at radius 1 is 1.17 bits per heavy atom. The molecule has 2 saturated heterocycles. The van der Waals surface area contributed by atoms with Gasteiger partial charge in [0.15, 0.2) is 0 Å². The van der Waals surface area contributed by atoms with E-state index in [1.54, 1.807) is 0 Å². The summed E-state index contributed by atoms with van der Waals surface area (Å²) in [4.78, 5) is 5.00. The van der Waals surface area contributed by atoms with Gasteiger partial charge in [0.2, 0.25) is 0 Å². The molecule has 2 fully saturated rings. The van der Waals surface area contributed by atoms with E-state index in [1.807, 2.05) is 0 Å². The summed E-state index contributed by atoms with van der Waals surface area (Å²) in [7, 11) is 4.52. The minimum atomic E-state index is 0.642. The second-order valence-electron chi connectivity index (χ2n) is 4.81. The number of hydrogen-bond acceptors (Lipinski definition) is 2. The second-order valence-corrected chi connectivity index (χ2v) is 4.81. The lowest BCUT2D eigenvalue weighted by molar-refractivity contribution is 0.238. The van der Waals surface area contributed by atoms with Crippen LogP contribution in [-0.2, 0) is 0 Å². The molecule has 0 aromatic heterocycles. The molecule has 0 N–H and O–H groups in total. The second kappa shape index (κ2) is 2.71. The smallest absolute Gasteiger partial charge is 0.00508 e. The molecular formula is C10H20N2. The van der Waals surface area contributed by atoms with Crippen molar-refractivity contribution < 1.29 is 0 Å². The predicted molar refractivity (Wildman–Crippen MR) is 51.2 cm³/mol. The van der Waals surface area contributed by atoms with E-state index < -0.39 is 0 Å². The Bertz CT molecular complexity index is 165. The van der Waals surface area contributed by atoms with Gasteiger partial charge in [0.25, 0.3) is 0 Å². The lowest BCUT2D eigenvalue weighted by atomic mass is 9.79. The van der Waals surface area contributed by atoms with Crippen LogP contribution in [0.5, 0.6) is 0 Å². The number of hydrogen-bond donors (Lipinski definition) is 0. The normalized spacial score (nSPS) is 43.8. The lowest BCUT2D eigenvalue weighted by Gasteiger charge is -2.26.